The molecule has 0 aliphatic heterocycles. The molecule has 0 fully saturated rings. The van der Waals surface area contributed by atoms with Crippen molar-refractivity contribution in [3.8, 4) is 17.2 Å². The molecule has 0 aliphatic rings. The van der Waals surface area contributed by atoms with Crippen molar-refractivity contribution in [3.63, 3.8) is 0 Å². The Labute approximate surface area is 152 Å². The first-order valence-electron chi connectivity index (χ1n) is 8.02. The number of hydrogen-bond donors (Lipinski definition) is 0. The number of allylic oxidation sites excluding steroid dienone is 1. The van der Waals surface area contributed by atoms with Crippen LogP contribution >= 0.6 is 15.9 Å². The zero-order chi connectivity index (χ0) is 17.2. The normalized spacial score (nSPS) is 10.2. The van der Waals surface area contributed by atoms with Crippen LogP contribution in [0.1, 0.15) is 18.4 Å². The zero-order valence-electron chi connectivity index (χ0n) is 14.0. The van der Waals surface area contributed by atoms with Crippen molar-refractivity contribution in [2.45, 2.75) is 19.3 Å². The third-order valence-corrected chi connectivity index (χ3v) is 4.15. The van der Waals surface area contributed by atoms with Crippen LogP contribution < -0.4 is 14.2 Å². The van der Waals surface area contributed by atoms with Gasteiger partial charge in [-0.3, -0.25) is 0 Å². The Morgan fingerprint density at radius 3 is 2.33 bits per heavy atom. The predicted molar refractivity (Wildman–Crippen MR) is 101 cm³/mol. The number of ether oxygens (including phenoxy) is 3. The molecule has 0 amide bonds. The quantitative estimate of drug-likeness (QED) is 0.400. The van der Waals surface area contributed by atoms with Crippen LogP contribution in [0.15, 0.2) is 59.6 Å². The third kappa shape index (κ3) is 5.60. The average Bonchev–Trinajstić information content (AvgIpc) is 2.60. The molecular weight excluding hydrogens is 368 g/mol. The molecule has 2 rings (SSSR count). The second-order valence-electron chi connectivity index (χ2n) is 5.31. The molecule has 24 heavy (non-hydrogen) atoms. The van der Waals surface area contributed by atoms with Gasteiger partial charge in [-0.05, 0) is 65.0 Å². The topological polar surface area (TPSA) is 27.7 Å². The third-order valence-electron chi connectivity index (χ3n) is 3.50. The molecule has 128 valence electrons. The van der Waals surface area contributed by atoms with Gasteiger partial charge in [0.05, 0.1) is 24.8 Å². The van der Waals surface area contributed by atoms with Gasteiger partial charge in [-0.2, -0.15) is 0 Å². The van der Waals surface area contributed by atoms with Crippen molar-refractivity contribution in [1.82, 2.24) is 0 Å². The number of rotatable bonds is 10. The van der Waals surface area contributed by atoms with Gasteiger partial charge in [-0.15, -0.1) is 6.58 Å². The summed E-state index contributed by atoms with van der Waals surface area (Å²) in [6.07, 6.45) is 4.55. The lowest BCUT2D eigenvalue weighted by Crippen LogP contribution is -2.03. The maximum absolute atomic E-state index is 5.82. The number of hydrogen-bond acceptors (Lipinski definition) is 3. The minimum absolute atomic E-state index is 0.635. The highest BCUT2D eigenvalue weighted by atomic mass is 79.9. The minimum atomic E-state index is 0.635. The number of benzene rings is 2. The summed E-state index contributed by atoms with van der Waals surface area (Å²) < 4.78 is 17.9. The second kappa shape index (κ2) is 10.0. The van der Waals surface area contributed by atoms with Crippen LogP contribution in [0.2, 0.25) is 0 Å². The SMILES string of the molecule is C=CCc1ccc(OCCCCOc2ccccc2Br)c(OC)c1. The Balaban J connectivity index is 1.72. The molecule has 0 N–H and O–H groups in total. The number of halogens is 1. The summed E-state index contributed by atoms with van der Waals surface area (Å²) in [5.41, 5.74) is 1.16. The first kappa shape index (κ1) is 18.4. The summed E-state index contributed by atoms with van der Waals surface area (Å²) in [7, 11) is 1.66. The highest BCUT2D eigenvalue weighted by Crippen LogP contribution is 2.28. The second-order valence-corrected chi connectivity index (χ2v) is 6.17. The summed E-state index contributed by atoms with van der Waals surface area (Å²) in [4.78, 5) is 0. The van der Waals surface area contributed by atoms with Crippen LogP contribution in [0.25, 0.3) is 0 Å². The van der Waals surface area contributed by atoms with Gasteiger partial charge in [0, 0.05) is 0 Å². The van der Waals surface area contributed by atoms with Gasteiger partial charge in [-0.1, -0.05) is 24.3 Å². The summed E-state index contributed by atoms with van der Waals surface area (Å²) in [6, 6.07) is 13.8. The predicted octanol–water partition coefficient (Wildman–Crippen LogP) is 5.42. The van der Waals surface area contributed by atoms with E-state index in [9.17, 15) is 0 Å². The Morgan fingerprint density at radius 2 is 1.67 bits per heavy atom. The molecule has 0 aliphatic carbocycles. The zero-order valence-corrected chi connectivity index (χ0v) is 15.6. The van der Waals surface area contributed by atoms with Crippen molar-refractivity contribution < 1.29 is 14.2 Å². The molecule has 0 saturated carbocycles. The average molecular weight is 391 g/mol. The standard InChI is InChI=1S/C20H23BrO3/c1-3-8-16-11-12-19(20(15-16)22-2)24-14-7-6-13-23-18-10-5-4-9-17(18)21/h3-5,9-12,15H,1,6-8,13-14H2,2H3. The first-order valence-corrected chi connectivity index (χ1v) is 8.82. The fraction of sp³-hybridized carbons (Fsp3) is 0.300. The maximum atomic E-state index is 5.82. The van der Waals surface area contributed by atoms with Crippen molar-refractivity contribution in [2.24, 2.45) is 0 Å². The van der Waals surface area contributed by atoms with Crippen LogP contribution in [-0.4, -0.2) is 20.3 Å². The number of para-hydroxylation sites is 1. The monoisotopic (exact) mass is 390 g/mol. The van der Waals surface area contributed by atoms with Crippen molar-refractivity contribution in [1.29, 1.82) is 0 Å². The molecule has 4 heteroatoms. The van der Waals surface area contributed by atoms with Gasteiger partial charge < -0.3 is 14.2 Å². The number of methoxy groups -OCH3 is 1. The van der Waals surface area contributed by atoms with Crippen LogP contribution in [0.4, 0.5) is 0 Å². The smallest absolute Gasteiger partial charge is 0.161 e. The summed E-state index contributed by atoms with van der Waals surface area (Å²) in [6.45, 7) is 5.06. The Bertz CT molecular complexity index is 655. The summed E-state index contributed by atoms with van der Waals surface area (Å²) in [5.74, 6) is 2.41. The highest BCUT2D eigenvalue weighted by molar-refractivity contribution is 9.10. The van der Waals surface area contributed by atoms with Crippen LogP contribution in [-0.2, 0) is 6.42 Å². The van der Waals surface area contributed by atoms with E-state index in [1.165, 1.54) is 0 Å². The Kier molecular flexibility index (Phi) is 7.69. The Hall–Kier alpha value is -1.94. The van der Waals surface area contributed by atoms with Crippen molar-refractivity contribution in [2.75, 3.05) is 20.3 Å². The van der Waals surface area contributed by atoms with Crippen molar-refractivity contribution >= 4 is 15.9 Å². The van der Waals surface area contributed by atoms with Gasteiger partial charge in [0.2, 0.25) is 0 Å². The molecule has 0 unspecified atom stereocenters. The van der Waals surface area contributed by atoms with E-state index in [-0.39, 0.29) is 0 Å². The lowest BCUT2D eigenvalue weighted by molar-refractivity contribution is 0.257. The lowest BCUT2D eigenvalue weighted by Gasteiger charge is -2.12. The van der Waals surface area contributed by atoms with E-state index >= 15 is 0 Å². The molecule has 0 heterocycles. The van der Waals surface area contributed by atoms with Crippen LogP contribution in [0, 0.1) is 0 Å². The Morgan fingerprint density at radius 1 is 0.958 bits per heavy atom. The molecule has 3 nitrogen and oxygen atoms in total. The number of unbranched alkanes of at least 4 members (excludes halogenated alkanes) is 1. The fourth-order valence-electron chi connectivity index (χ4n) is 2.26. The van der Waals surface area contributed by atoms with Gasteiger partial charge in [0.25, 0.3) is 0 Å². The van der Waals surface area contributed by atoms with Crippen LogP contribution in [0.5, 0.6) is 17.2 Å². The van der Waals surface area contributed by atoms with E-state index in [4.69, 9.17) is 14.2 Å². The van der Waals surface area contributed by atoms with Crippen molar-refractivity contribution in [3.05, 3.63) is 65.2 Å². The van der Waals surface area contributed by atoms with E-state index in [0.717, 1.165) is 46.5 Å². The van der Waals surface area contributed by atoms with Crippen LogP contribution in [0.3, 0.4) is 0 Å². The molecule has 2 aromatic rings. The van der Waals surface area contributed by atoms with Gasteiger partial charge in [0.1, 0.15) is 5.75 Å². The highest BCUT2D eigenvalue weighted by Gasteiger charge is 2.05. The lowest BCUT2D eigenvalue weighted by atomic mass is 10.1. The molecule has 0 bridgehead atoms. The molecule has 0 atom stereocenters. The van der Waals surface area contributed by atoms with Gasteiger partial charge >= 0.3 is 0 Å². The minimum Gasteiger partial charge on any atom is -0.493 e. The van der Waals surface area contributed by atoms with E-state index < -0.39 is 0 Å². The summed E-state index contributed by atoms with van der Waals surface area (Å²) in [5, 5.41) is 0. The fourth-order valence-corrected chi connectivity index (χ4v) is 2.65. The largest absolute Gasteiger partial charge is 0.493 e. The first-order chi connectivity index (χ1) is 11.7. The molecular formula is C20H23BrO3. The summed E-state index contributed by atoms with van der Waals surface area (Å²) >= 11 is 3.47. The van der Waals surface area contributed by atoms with Gasteiger partial charge in [0.15, 0.2) is 11.5 Å². The van der Waals surface area contributed by atoms with E-state index in [1.807, 2.05) is 48.5 Å². The maximum Gasteiger partial charge on any atom is 0.161 e. The van der Waals surface area contributed by atoms with E-state index in [0.29, 0.717) is 13.2 Å². The molecule has 2 aromatic carbocycles. The van der Waals surface area contributed by atoms with E-state index in [2.05, 4.69) is 22.5 Å². The molecule has 0 saturated heterocycles. The molecule has 0 spiro atoms. The van der Waals surface area contributed by atoms with E-state index in [1.54, 1.807) is 7.11 Å². The molecule has 0 radical (unpaired) electrons. The van der Waals surface area contributed by atoms with Gasteiger partial charge in [-0.25, -0.2) is 0 Å². The molecule has 0 aromatic heterocycles.